The van der Waals surface area contributed by atoms with Gasteiger partial charge in [0.15, 0.2) is 0 Å². The Kier molecular flexibility index (Phi) is 0.707. The van der Waals surface area contributed by atoms with E-state index in [1.807, 2.05) is 11.8 Å². The fraction of sp³-hybridized carbons (Fsp3) is 1.00. The van der Waals surface area contributed by atoms with E-state index in [1.54, 1.807) is 0 Å². The molecule has 0 amide bonds. The standard InChI is InChI=1S/C5H8OS/c6-3-1-2-4-5(3)7-4/h3-6H,1-2H2/t3-,4-,5+/m1/s1. The van der Waals surface area contributed by atoms with E-state index in [0.29, 0.717) is 5.25 Å². The number of fused-ring (bicyclic) bond motifs is 1. The molecule has 40 valence electrons. The average Bonchev–Trinajstić information content (AvgIpc) is 2.33. The molecule has 0 spiro atoms. The van der Waals surface area contributed by atoms with Gasteiger partial charge in [-0.1, -0.05) is 0 Å². The van der Waals surface area contributed by atoms with Crippen LogP contribution in [0.2, 0.25) is 0 Å². The van der Waals surface area contributed by atoms with Crippen LogP contribution in [0.15, 0.2) is 0 Å². The van der Waals surface area contributed by atoms with Crippen molar-refractivity contribution in [2.45, 2.75) is 29.4 Å². The molecule has 0 aromatic carbocycles. The van der Waals surface area contributed by atoms with Gasteiger partial charge in [0.2, 0.25) is 0 Å². The predicted molar refractivity (Wildman–Crippen MR) is 30.4 cm³/mol. The summed E-state index contributed by atoms with van der Waals surface area (Å²) in [6.45, 7) is 0. The molecular formula is C5H8OS. The highest BCUT2D eigenvalue weighted by Gasteiger charge is 2.48. The zero-order chi connectivity index (χ0) is 4.85. The zero-order valence-corrected chi connectivity index (χ0v) is 4.82. The van der Waals surface area contributed by atoms with E-state index in [4.69, 9.17) is 5.11 Å². The minimum atomic E-state index is 0.0509. The molecule has 0 bridgehead atoms. The van der Waals surface area contributed by atoms with Crippen LogP contribution in [0.5, 0.6) is 0 Å². The summed E-state index contributed by atoms with van der Waals surface area (Å²) >= 11 is 1.94. The van der Waals surface area contributed by atoms with Crippen LogP contribution in [0.4, 0.5) is 0 Å². The Labute approximate surface area is 47.1 Å². The van der Waals surface area contributed by atoms with Gasteiger partial charge in [-0.3, -0.25) is 0 Å². The Hall–Kier alpha value is 0.310. The molecule has 7 heavy (non-hydrogen) atoms. The molecule has 0 unspecified atom stereocenters. The second-order valence-electron chi connectivity index (χ2n) is 2.28. The predicted octanol–water partition coefficient (Wildman–Crippen LogP) is 0.625. The van der Waals surface area contributed by atoms with E-state index in [0.717, 1.165) is 11.7 Å². The first-order chi connectivity index (χ1) is 3.38. The first-order valence-corrected chi connectivity index (χ1v) is 3.66. The molecule has 1 aliphatic carbocycles. The third kappa shape index (κ3) is 0.500. The van der Waals surface area contributed by atoms with Crippen LogP contribution in [-0.4, -0.2) is 21.7 Å². The van der Waals surface area contributed by atoms with E-state index in [-0.39, 0.29) is 6.10 Å². The quantitative estimate of drug-likeness (QED) is 0.468. The van der Waals surface area contributed by atoms with Crippen LogP contribution in [-0.2, 0) is 0 Å². The smallest absolute Gasteiger partial charge is 0.0670 e. The molecule has 0 aromatic heterocycles. The summed E-state index contributed by atoms with van der Waals surface area (Å²) in [4.78, 5) is 0. The molecule has 1 saturated carbocycles. The minimum absolute atomic E-state index is 0.0509. The number of aliphatic hydroxyl groups is 1. The van der Waals surface area contributed by atoms with Crippen LogP contribution < -0.4 is 0 Å². The van der Waals surface area contributed by atoms with Gasteiger partial charge in [0.05, 0.1) is 6.10 Å². The van der Waals surface area contributed by atoms with Crippen molar-refractivity contribution in [1.29, 1.82) is 0 Å². The maximum Gasteiger partial charge on any atom is 0.0670 e. The summed E-state index contributed by atoms with van der Waals surface area (Å²) in [6, 6.07) is 0. The van der Waals surface area contributed by atoms with Crippen LogP contribution in [0.25, 0.3) is 0 Å². The number of thioether (sulfide) groups is 1. The molecular weight excluding hydrogens is 108 g/mol. The largest absolute Gasteiger partial charge is 0.392 e. The van der Waals surface area contributed by atoms with E-state index in [2.05, 4.69) is 0 Å². The molecule has 3 atom stereocenters. The Bertz CT molecular complexity index is 94.1. The summed E-state index contributed by atoms with van der Waals surface area (Å²) in [5, 5.41) is 10.5. The zero-order valence-electron chi connectivity index (χ0n) is 4.00. The topological polar surface area (TPSA) is 20.2 Å². The number of rotatable bonds is 0. The molecule has 1 aliphatic heterocycles. The molecule has 1 heterocycles. The number of hydrogen-bond acceptors (Lipinski definition) is 2. The fourth-order valence-electron chi connectivity index (χ4n) is 1.23. The average molecular weight is 116 g/mol. The molecule has 1 N–H and O–H groups in total. The number of hydrogen-bond donors (Lipinski definition) is 1. The molecule has 0 radical (unpaired) electrons. The van der Waals surface area contributed by atoms with Gasteiger partial charge < -0.3 is 5.11 Å². The van der Waals surface area contributed by atoms with Crippen molar-refractivity contribution in [1.82, 2.24) is 0 Å². The van der Waals surface area contributed by atoms with E-state index < -0.39 is 0 Å². The maximum absolute atomic E-state index is 9.02. The van der Waals surface area contributed by atoms with Gasteiger partial charge in [0.1, 0.15) is 0 Å². The van der Waals surface area contributed by atoms with Crippen molar-refractivity contribution < 1.29 is 5.11 Å². The van der Waals surface area contributed by atoms with Gasteiger partial charge in [-0.15, -0.1) is 0 Å². The highest BCUT2D eigenvalue weighted by molar-refractivity contribution is 8.07. The molecule has 1 nitrogen and oxygen atoms in total. The van der Waals surface area contributed by atoms with Crippen molar-refractivity contribution in [2.24, 2.45) is 0 Å². The Morgan fingerprint density at radius 2 is 2.29 bits per heavy atom. The van der Waals surface area contributed by atoms with Gasteiger partial charge in [-0.2, -0.15) is 11.8 Å². The lowest BCUT2D eigenvalue weighted by molar-refractivity contribution is 0.192. The van der Waals surface area contributed by atoms with Gasteiger partial charge >= 0.3 is 0 Å². The van der Waals surface area contributed by atoms with E-state index in [9.17, 15) is 0 Å². The second-order valence-corrected chi connectivity index (χ2v) is 3.71. The van der Waals surface area contributed by atoms with Crippen LogP contribution >= 0.6 is 11.8 Å². The van der Waals surface area contributed by atoms with Gasteiger partial charge in [0, 0.05) is 10.5 Å². The minimum Gasteiger partial charge on any atom is -0.392 e. The molecule has 0 aromatic rings. The molecule has 2 aliphatic rings. The normalized spacial score (nSPS) is 57.0. The van der Waals surface area contributed by atoms with Crippen LogP contribution in [0, 0.1) is 0 Å². The van der Waals surface area contributed by atoms with Gasteiger partial charge in [-0.25, -0.2) is 0 Å². The van der Waals surface area contributed by atoms with Gasteiger partial charge in [-0.05, 0) is 12.8 Å². The first kappa shape index (κ1) is 4.21. The fourth-order valence-corrected chi connectivity index (χ4v) is 2.45. The van der Waals surface area contributed by atoms with Crippen molar-refractivity contribution in [3.05, 3.63) is 0 Å². The summed E-state index contributed by atoms with van der Waals surface area (Å²) in [6.07, 6.45) is 2.37. The monoisotopic (exact) mass is 116 g/mol. The second kappa shape index (κ2) is 1.17. The first-order valence-electron chi connectivity index (χ1n) is 2.71. The van der Waals surface area contributed by atoms with Crippen LogP contribution in [0.3, 0.4) is 0 Å². The van der Waals surface area contributed by atoms with E-state index >= 15 is 0 Å². The molecule has 1 saturated heterocycles. The summed E-state index contributed by atoms with van der Waals surface area (Å²) < 4.78 is 0. The Balaban J connectivity index is 2.08. The lowest BCUT2D eigenvalue weighted by atomic mass is 10.3. The third-order valence-electron chi connectivity index (χ3n) is 1.75. The molecule has 2 fully saturated rings. The summed E-state index contributed by atoms with van der Waals surface area (Å²) in [7, 11) is 0. The van der Waals surface area contributed by atoms with Crippen LogP contribution in [0.1, 0.15) is 12.8 Å². The molecule has 2 rings (SSSR count). The summed E-state index contributed by atoms with van der Waals surface area (Å²) in [5.74, 6) is 0. The van der Waals surface area contributed by atoms with Crippen molar-refractivity contribution >= 4 is 11.8 Å². The highest BCUT2D eigenvalue weighted by Crippen LogP contribution is 2.52. The Morgan fingerprint density at radius 1 is 1.43 bits per heavy atom. The van der Waals surface area contributed by atoms with Crippen molar-refractivity contribution in [2.75, 3.05) is 0 Å². The SMILES string of the molecule is O[C@@H]1CC[C@H]2S[C@@H]12. The van der Waals surface area contributed by atoms with Crippen molar-refractivity contribution in [3.63, 3.8) is 0 Å². The third-order valence-corrected chi connectivity index (χ3v) is 3.27. The van der Waals surface area contributed by atoms with Crippen molar-refractivity contribution in [3.8, 4) is 0 Å². The summed E-state index contributed by atoms with van der Waals surface area (Å²) in [5.41, 5.74) is 0. The van der Waals surface area contributed by atoms with E-state index in [1.165, 1.54) is 6.42 Å². The lowest BCUT2D eigenvalue weighted by Crippen LogP contribution is -2.06. The lowest BCUT2D eigenvalue weighted by Gasteiger charge is -1.96. The maximum atomic E-state index is 9.02. The Morgan fingerprint density at radius 3 is 2.43 bits per heavy atom. The molecule has 2 heteroatoms. The van der Waals surface area contributed by atoms with Gasteiger partial charge in [0.25, 0.3) is 0 Å². The number of aliphatic hydroxyl groups excluding tert-OH is 1. The highest BCUT2D eigenvalue weighted by atomic mass is 32.2.